The Kier molecular flexibility index (Phi) is 11.1. The summed E-state index contributed by atoms with van der Waals surface area (Å²) in [6, 6.07) is 15.5. The van der Waals surface area contributed by atoms with Crippen molar-refractivity contribution in [1.82, 2.24) is 0 Å². The highest BCUT2D eigenvalue weighted by Crippen LogP contribution is 2.32. The molecule has 0 aliphatic heterocycles. The molecule has 0 N–H and O–H groups in total. The molecule has 4 rings (SSSR count). The highest BCUT2D eigenvalue weighted by Gasteiger charge is 2.29. The van der Waals surface area contributed by atoms with E-state index in [2.05, 4.69) is 0 Å². The van der Waals surface area contributed by atoms with Crippen LogP contribution < -0.4 is 4.74 Å². The first kappa shape index (κ1) is 31.5. The minimum absolute atomic E-state index is 0.369. The van der Waals surface area contributed by atoms with Gasteiger partial charge >= 0.3 is 23.9 Å². The lowest BCUT2D eigenvalue weighted by Gasteiger charge is -2.22. The molecule has 4 atom stereocenters. The van der Waals surface area contributed by atoms with Crippen LogP contribution in [0.5, 0.6) is 5.75 Å². The molecule has 2 aliphatic rings. The van der Waals surface area contributed by atoms with Crippen LogP contribution in [0.2, 0.25) is 0 Å². The zero-order valence-electron chi connectivity index (χ0n) is 24.8. The van der Waals surface area contributed by atoms with Crippen molar-refractivity contribution in [3.63, 3.8) is 0 Å². The molecule has 43 heavy (non-hydrogen) atoms. The number of hydrogen-bond acceptors (Lipinski definition) is 9. The fourth-order valence-corrected chi connectivity index (χ4v) is 5.46. The van der Waals surface area contributed by atoms with E-state index >= 15 is 0 Å². The van der Waals surface area contributed by atoms with Crippen molar-refractivity contribution in [1.29, 1.82) is 0 Å². The molecular weight excluding hydrogens is 552 g/mol. The van der Waals surface area contributed by atoms with Gasteiger partial charge in [-0.05, 0) is 42.8 Å². The Bertz CT molecular complexity index is 1340. The van der Waals surface area contributed by atoms with Crippen LogP contribution in [0.1, 0.15) is 79.5 Å². The maximum atomic E-state index is 12.8. The minimum atomic E-state index is -0.477. The van der Waals surface area contributed by atoms with Gasteiger partial charge < -0.3 is 23.7 Å². The van der Waals surface area contributed by atoms with E-state index in [4.69, 9.17) is 23.7 Å². The number of carbonyl (C=O) groups excluding carboxylic acids is 4. The van der Waals surface area contributed by atoms with Crippen LogP contribution in [0.4, 0.5) is 0 Å². The number of hydrogen-bond donors (Lipinski definition) is 0. The largest absolute Gasteiger partial charge is 0.497 e. The van der Waals surface area contributed by atoms with Gasteiger partial charge in [0.2, 0.25) is 0 Å². The summed E-state index contributed by atoms with van der Waals surface area (Å²) < 4.78 is 28.0. The SMILES string of the molecule is COc1ccc(C(=O)O[C@@H]2CC=C(CC3=CC[C@H](OC(=O)c4ccccc4)C[C@@H](OC(C)=O)C3)C[C@@H](OC(C)=O)C2)cc1. The topological polar surface area (TPSA) is 114 Å². The van der Waals surface area contributed by atoms with E-state index in [1.807, 2.05) is 18.2 Å². The molecule has 2 aliphatic carbocycles. The molecule has 228 valence electrons. The zero-order valence-corrected chi connectivity index (χ0v) is 24.8. The molecule has 0 aromatic heterocycles. The van der Waals surface area contributed by atoms with Gasteiger partial charge in [-0.3, -0.25) is 9.59 Å². The van der Waals surface area contributed by atoms with Gasteiger partial charge in [0.05, 0.1) is 18.2 Å². The first-order valence-corrected chi connectivity index (χ1v) is 14.5. The second kappa shape index (κ2) is 15.2. The molecule has 9 heteroatoms. The van der Waals surface area contributed by atoms with Crippen LogP contribution in [0, 0.1) is 0 Å². The number of rotatable bonds is 9. The Balaban J connectivity index is 1.46. The molecule has 0 spiro atoms. The molecule has 0 saturated heterocycles. The predicted octanol–water partition coefficient (Wildman–Crippen LogP) is 5.92. The van der Waals surface area contributed by atoms with Crippen molar-refractivity contribution >= 4 is 23.9 Å². The first-order chi connectivity index (χ1) is 20.7. The second-order valence-electron chi connectivity index (χ2n) is 10.9. The number of esters is 4. The van der Waals surface area contributed by atoms with Crippen LogP contribution in [-0.4, -0.2) is 55.4 Å². The third kappa shape index (κ3) is 9.84. The Morgan fingerprint density at radius 1 is 0.628 bits per heavy atom. The number of benzene rings is 2. The van der Waals surface area contributed by atoms with Crippen molar-refractivity contribution in [2.24, 2.45) is 0 Å². The molecule has 2 aromatic rings. The van der Waals surface area contributed by atoms with Gasteiger partial charge in [-0.25, -0.2) is 9.59 Å². The summed E-state index contributed by atoms with van der Waals surface area (Å²) in [7, 11) is 1.55. The molecule has 0 fully saturated rings. The van der Waals surface area contributed by atoms with Gasteiger partial charge in [-0.1, -0.05) is 41.5 Å². The van der Waals surface area contributed by atoms with Crippen molar-refractivity contribution in [2.75, 3.05) is 7.11 Å². The molecule has 9 nitrogen and oxygen atoms in total. The summed E-state index contributed by atoms with van der Waals surface area (Å²) in [5, 5.41) is 0. The average molecular weight is 591 g/mol. The summed E-state index contributed by atoms with van der Waals surface area (Å²) in [6.07, 6.45) is 5.48. The van der Waals surface area contributed by atoms with Crippen molar-refractivity contribution in [3.05, 3.63) is 89.0 Å². The summed E-state index contributed by atoms with van der Waals surface area (Å²) in [4.78, 5) is 49.3. The second-order valence-corrected chi connectivity index (χ2v) is 10.9. The lowest BCUT2D eigenvalue weighted by molar-refractivity contribution is -0.148. The molecule has 0 heterocycles. The summed E-state index contributed by atoms with van der Waals surface area (Å²) >= 11 is 0. The van der Waals surface area contributed by atoms with E-state index in [1.165, 1.54) is 13.8 Å². The predicted molar refractivity (Wildman–Crippen MR) is 157 cm³/mol. The first-order valence-electron chi connectivity index (χ1n) is 14.5. The number of methoxy groups -OCH3 is 1. The molecule has 0 bridgehead atoms. The lowest BCUT2D eigenvalue weighted by atomic mass is 9.96. The van der Waals surface area contributed by atoms with E-state index < -0.39 is 48.3 Å². The molecule has 2 aromatic carbocycles. The van der Waals surface area contributed by atoms with Gasteiger partial charge in [-0.15, -0.1) is 0 Å². The highest BCUT2D eigenvalue weighted by atomic mass is 16.6. The Morgan fingerprint density at radius 2 is 1.09 bits per heavy atom. The fourth-order valence-electron chi connectivity index (χ4n) is 5.46. The van der Waals surface area contributed by atoms with Gasteiger partial charge in [0.25, 0.3) is 0 Å². The maximum Gasteiger partial charge on any atom is 0.338 e. The van der Waals surface area contributed by atoms with Gasteiger partial charge in [0.15, 0.2) is 0 Å². The lowest BCUT2D eigenvalue weighted by Crippen LogP contribution is -2.26. The Labute approximate surface area is 251 Å². The van der Waals surface area contributed by atoms with E-state index in [-0.39, 0.29) is 0 Å². The van der Waals surface area contributed by atoms with Gasteiger partial charge in [0.1, 0.15) is 30.2 Å². The third-order valence-electron chi connectivity index (χ3n) is 7.37. The smallest absolute Gasteiger partial charge is 0.338 e. The normalized spacial score (nSPS) is 22.0. The molecular formula is C34H38O9. The maximum absolute atomic E-state index is 12.8. The molecule has 0 unspecified atom stereocenters. The van der Waals surface area contributed by atoms with Gasteiger partial charge in [0, 0.05) is 52.4 Å². The Hall–Kier alpha value is -4.40. The van der Waals surface area contributed by atoms with Crippen molar-refractivity contribution < 1.29 is 42.9 Å². The summed E-state index contributed by atoms with van der Waals surface area (Å²) in [6.45, 7) is 2.73. The van der Waals surface area contributed by atoms with Crippen LogP contribution in [0.15, 0.2) is 77.9 Å². The van der Waals surface area contributed by atoms with Crippen LogP contribution >= 0.6 is 0 Å². The van der Waals surface area contributed by atoms with E-state index in [9.17, 15) is 19.2 Å². The average Bonchev–Trinajstić information content (AvgIpc) is 3.27. The molecule has 0 saturated carbocycles. The minimum Gasteiger partial charge on any atom is -0.497 e. The van der Waals surface area contributed by atoms with Crippen LogP contribution in [-0.2, 0) is 28.5 Å². The monoisotopic (exact) mass is 590 g/mol. The molecule has 0 radical (unpaired) electrons. The van der Waals surface area contributed by atoms with Gasteiger partial charge in [-0.2, -0.15) is 0 Å². The fraction of sp³-hybridized carbons (Fsp3) is 0.412. The number of ether oxygens (including phenoxy) is 5. The van der Waals surface area contributed by atoms with Crippen molar-refractivity contribution in [2.45, 2.75) is 83.2 Å². The van der Waals surface area contributed by atoms with E-state index in [1.54, 1.807) is 55.6 Å². The highest BCUT2D eigenvalue weighted by molar-refractivity contribution is 5.90. The van der Waals surface area contributed by atoms with Crippen molar-refractivity contribution in [3.8, 4) is 5.75 Å². The summed E-state index contributed by atoms with van der Waals surface area (Å²) in [5.41, 5.74) is 2.93. The summed E-state index contributed by atoms with van der Waals surface area (Å²) in [5.74, 6) is -1.05. The van der Waals surface area contributed by atoms with E-state index in [0.717, 1.165) is 11.1 Å². The van der Waals surface area contributed by atoms with E-state index in [0.29, 0.717) is 61.8 Å². The Morgan fingerprint density at radius 3 is 1.53 bits per heavy atom. The van der Waals surface area contributed by atoms with Crippen LogP contribution in [0.25, 0.3) is 0 Å². The van der Waals surface area contributed by atoms with Crippen LogP contribution in [0.3, 0.4) is 0 Å². The quantitative estimate of drug-likeness (QED) is 0.199. The molecule has 0 amide bonds. The zero-order chi connectivity index (χ0) is 30.8. The third-order valence-corrected chi connectivity index (χ3v) is 7.37. The number of carbonyl (C=O) groups is 4. The standard InChI is InChI=1S/C34H38O9/c1-22(35)40-31-18-24(9-13-29(20-31)42-33(37)26-7-5-4-6-8-26)17-25-10-14-30(21-32(19-25)41-23(2)36)43-34(38)27-11-15-28(39-3)16-12-27/h4-12,15-16,29-32H,13-14,17-21H2,1-3H3/t29-,30+,31-,32+/m0/s1.